The van der Waals surface area contributed by atoms with E-state index in [1.165, 1.54) is 12.1 Å². The number of carbonyl (C=O) groups excluding carboxylic acids is 1. The van der Waals surface area contributed by atoms with Crippen molar-refractivity contribution >= 4 is 5.97 Å². The van der Waals surface area contributed by atoms with E-state index in [0.717, 1.165) is 11.6 Å². The molecule has 2 aromatic carbocycles. The van der Waals surface area contributed by atoms with E-state index in [1.807, 2.05) is 30.3 Å². The van der Waals surface area contributed by atoms with Crippen LogP contribution in [0.5, 0.6) is 11.5 Å². The zero-order valence-corrected chi connectivity index (χ0v) is 10.4. The highest BCUT2D eigenvalue weighted by Crippen LogP contribution is 2.25. The Kier molecular flexibility index (Phi) is 3.71. The lowest BCUT2D eigenvalue weighted by Crippen LogP contribution is -2.09. The molecule has 1 unspecified atom stereocenters. The molecular weight excluding hydrogens is 244 g/mol. The number of benzene rings is 2. The average molecular weight is 258 g/mol. The van der Waals surface area contributed by atoms with Gasteiger partial charge in [0.1, 0.15) is 23.2 Å². The lowest BCUT2D eigenvalue weighted by molar-refractivity contribution is 0.0334. The second-order valence-electron chi connectivity index (χ2n) is 4.16. The predicted octanol–water partition coefficient (Wildman–Crippen LogP) is 3.02. The third kappa shape index (κ3) is 3.04. The molecule has 19 heavy (non-hydrogen) atoms. The first-order valence-electron chi connectivity index (χ1n) is 5.86. The highest BCUT2D eigenvalue weighted by molar-refractivity contribution is 5.92. The topological polar surface area (TPSA) is 66.8 Å². The van der Waals surface area contributed by atoms with E-state index >= 15 is 0 Å². The molecule has 0 aliphatic heterocycles. The Morgan fingerprint density at radius 2 is 1.79 bits per heavy atom. The molecule has 0 saturated carbocycles. The number of aromatic hydroxyl groups is 2. The van der Waals surface area contributed by atoms with Crippen LogP contribution in [-0.2, 0) is 4.74 Å². The van der Waals surface area contributed by atoms with Gasteiger partial charge in [0.2, 0.25) is 0 Å². The number of phenolic OH excluding ortho intramolecular Hbond substituents is 2. The van der Waals surface area contributed by atoms with Gasteiger partial charge in [-0.15, -0.1) is 0 Å². The summed E-state index contributed by atoms with van der Waals surface area (Å²) in [4.78, 5) is 11.9. The van der Waals surface area contributed by atoms with Gasteiger partial charge >= 0.3 is 5.97 Å². The first kappa shape index (κ1) is 13.0. The number of rotatable bonds is 3. The summed E-state index contributed by atoms with van der Waals surface area (Å²) in [7, 11) is 0. The largest absolute Gasteiger partial charge is 0.508 e. The van der Waals surface area contributed by atoms with E-state index in [1.54, 1.807) is 6.92 Å². The molecule has 0 heterocycles. The molecule has 2 aromatic rings. The van der Waals surface area contributed by atoms with Gasteiger partial charge in [0.05, 0.1) is 0 Å². The number of hydrogen-bond donors (Lipinski definition) is 2. The molecule has 0 spiro atoms. The van der Waals surface area contributed by atoms with Crippen molar-refractivity contribution in [1.29, 1.82) is 0 Å². The Morgan fingerprint density at radius 3 is 2.42 bits per heavy atom. The second kappa shape index (κ2) is 5.44. The number of ether oxygens (including phenoxy) is 1. The fraction of sp³-hybridized carbons (Fsp3) is 0.133. The van der Waals surface area contributed by atoms with Crippen molar-refractivity contribution in [3.8, 4) is 11.5 Å². The van der Waals surface area contributed by atoms with Crippen LogP contribution in [0.2, 0.25) is 0 Å². The van der Waals surface area contributed by atoms with Gasteiger partial charge in [0.15, 0.2) is 0 Å². The summed E-state index contributed by atoms with van der Waals surface area (Å²) in [6.45, 7) is 1.75. The third-order valence-corrected chi connectivity index (χ3v) is 2.75. The van der Waals surface area contributed by atoms with Gasteiger partial charge in [0, 0.05) is 6.07 Å². The Labute approximate surface area is 110 Å². The summed E-state index contributed by atoms with van der Waals surface area (Å²) in [6.07, 6.45) is -0.415. The van der Waals surface area contributed by atoms with Crippen molar-refractivity contribution < 1.29 is 19.7 Å². The summed E-state index contributed by atoms with van der Waals surface area (Å²) in [5.74, 6) is -1.04. The van der Waals surface area contributed by atoms with Crippen molar-refractivity contribution in [3.05, 3.63) is 59.7 Å². The van der Waals surface area contributed by atoms with Crippen LogP contribution in [0.1, 0.15) is 28.9 Å². The Balaban J connectivity index is 2.13. The molecule has 2 N–H and O–H groups in total. The molecule has 98 valence electrons. The standard InChI is InChI=1S/C15H14O4/c1-10(11-5-3-2-4-6-11)19-15(18)13-8-7-12(16)9-14(13)17/h2-10,16-17H,1H3. The van der Waals surface area contributed by atoms with Gasteiger partial charge in [-0.1, -0.05) is 30.3 Å². The molecule has 0 bridgehead atoms. The highest BCUT2D eigenvalue weighted by Gasteiger charge is 2.17. The first-order valence-corrected chi connectivity index (χ1v) is 5.86. The van der Waals surface area contributed by atoms with Gasteiger partial charge in [-0.05, 0) is 24.6 Å². The van der Waals surface area contributed by atoms with Gasteiger partial charge in [-0.2, -0.15) is 0 Å². The van der Waals surface area contributed by atoms with Crippen molar-refractivity contribution in [2.75, 3.05) is 0 Å². The van der Waals surface area contributed by atoms with E-state index in [0.29, 0.717) is 0 Å². The highest BCUT2D eigenvalue weighted by atomic mass is 16.5. The summed E-state index contributed by atoms with van der Waals surface area (Å²) < 4.78 is 5.26. The normalized spacial score (nSPS) is 11.8. The summed E-state index contributed by atoms with van der Waals surface area (Å²) in [5.41, 5.74) is 0.898. The monoisotopic (exact) mass is 258 g/mol. The molecule has 2 rings (SSSR count). The molecule has 0 fully saturated rings. The van der Waals surface area contributed by atoms with Crippen molar-refractivity contribution in [3.63, 3.8) is 0 Å². The minimum atomic E-state index is -0.631. The van der Waals surface area contributed by atoms with Crippen LogP contribution in [0.3, 0.4) is 0 Å². The maximum atomic E-state index is 11.9. The van der Waals surface area contributed by atoms with E-state index in [-0.39, 0.29) is 17.1 Å². The zero-order chi connectivity index (χ0) is 13.8. The first-order chi connectivity index (χ1) is 9.08. The van der Waals surface area contributed by atoms with Gasteiger partial charge in [-0.25, -0.2) is 4.79 Å². The molecule has 0 aromatic heterocycles. The SMILES string of the molecule is CC(OC(=O)c1ccc(O)cc1O)c1ccccc1. The minimum absolute atomic E-state index is 0.0283. The van der Waals surface area contributed by atoms with Crippen LogP contribution in [0.25, 0.3) is 0 Å². The molecule has 1 atom stereocenters. The predicted molar refractivity (Wildman–Crippen MR) is 70.0 cm³/mol. The molecule has 0 aliphatic carbocycles. The van der Waals surface area contributed by atoms with Gasteiger partial charge in [0.25, 0.3) is 0 Å². The van der Waals surface area contributed by atoms with Crippen LogP contribution >= 0.6 is 0 Å². The molecule has 0 saturated heterocycles. The molecule has 4 heteroatoms. The number of hydrogen-bond acceptors (Lipinski definition) is 4. The van der Waals surface area contributed by atoms with Crippen molar-refractivity contribution in [2.24, 2.45) is 0 Å². The van der Waals surface area contributed by atoms with E-state index < -0.39 is 12.1 Å². The quantitative estimate of drug-likeness (QED) is 0.830. The average Bonchev–Trinajstić information content (AvgIpc) is 2.39. The zero-order valence-electron chi connectivity index (χ0n) is 10.4. The van der Waals surface area contributed by atoms with Gasteiger partial charge in [-0.3, -0.25) is 0 Å². The Morgan fingerprint density at radius 1 is 1.11 bits per heavy atom. The van der Waals surface area contributed by atoms with Crippen LogP contribution in [0, 0.1) is 0 Å². The summed E-state index contributed by atoms with van der Waals surface area (Å²) >= 11 is 0. The second-order valence-corrected chi connectivity index (χ2v) is 4.16. The minimum Gasteiger partial charge on any atom is -0.508 e. The molecule has 0 radical (unpaired) electrons. The van der Waals surface area contributed by atoms with Crippen LogP contribution in [-0.4, -0.2) is 16.2 Å². The van der Waals surface area contributed by atoms with E-state index in [4.69, 9.17) is 9.84 Å². The molecule has 0 amide bonds. The number of esters is 1. The number of carbonyl (C=O) groups is 1. The van der Waals surface area contributed by atoms with Gasteiger partial charge < -0.3 is 14.9 Å². The van der Waals surface area contributed by atoms with Crippen LogP contribution in [0.4, 0.5) is 0 Å². The number of phenols is 2. The Hall–Kier alpha value is -2.49. The van der Waals surface area contributed by atoms with E-state index in [2.05, 4.69) is 0 Å². The molecule has 0 aliphatic rings. The fourth-order valence-corrected chi connectivity index (χ4v) is 1.71. The van der Waals surface area contributed by atoms with Crippen molar-refractivity contribution in [1.82, 2.24) is 0 Å². The summed E-state index contributed by atoms with van der Waals surface area (Å²) in [5, 5.41) is 18.8. The summed E-state index contributed by atoms with van der Waals surface area (Å²) in [6, 6.07) is 13.1. The maximum absolute atomic E-state index is 11.9. The van der Waals surface area contributed by atoms with Crippen LogP contribution in [0.15, 0.2) is 48.5 Å². The van der Waals surface area contributed by atoms with E-state index in [9.17, 15) is 9.90 Å². The van der Waals surface area contributed by atoms with Crippen LogP contribution < -0.4 is 0 Å². The maximum Gasteiger partial charge on any atom is 0.342 e. The smallest absolute Gasteiger partial charge is 0.342 e. The molecular formula is C15H14O4. The Bertz CT molecular complexity index is 578. The molecule has 4 nitrogen and oxygen atoms in total. The third-order valence-electron chi connectivity index (χ3n) is 2.75. The lowest BCUT2D eigenvalue weighted by atomic mass is 10.1. The lowest BCUT2D eigenvalue weighted by Gasteiger charge is -2.14. The fourth-order valence-electron chi connectivity index (χ4n) is 1.71. The van der Waals surface area contributed by atoms with Crippen molar-refractivity contribution in [2.45, 2.75) is 13.0 Å².